The molecule has 0 saturated carbocycles. The number of benzene rings is 3. The molecule has 2 N–H and O–H groups in total. The molecule has 0 heterocycles. The maximum Gasteiger partial charge on any atom is 0.264 e. The zero-order valence-corrected chi connectivity index (χ0v) is 21.6. The van der Waals surface area contributed by atoms with E-state index in [1.54, 1.807) is 42.3 Å². The molecule has 0 atom stereocenters. The molecule has 0 spiro atoms. The lowest BCUT2D eigenvalue weighted by Gasteiger charge is -2.31. The van der Waals surface area contributed by atoms with Crippen molar-refractivity contribution >= 4 is 46.6 Å². The number of ether oxygens (including phenoxy) is 3. The second kappa shape index (κ2) is 12.4. The summed E-state index contributed by atoms with van der Waals surface area (Å²) in [5.41, 5.74) is 0.909. The van der Waals surface area contributed by atoms with E-state index in [1.165, 1.54) is 38.4 Å². The number of anilines is 3. The molecule has 0 fully saturated rings. The summed E-state index contributed by atoms with van der Waals surface area (Å²) < 4.78 is 15.9. The van der Waals surface area contributed by atoms with Gasteiger partial charge in [-0.3, -0.25) is 14.5 Å². The highest BCUT2D eigenvalue weighted by Crippen LogP contribution is 2.40. The van der Waals surface area contributed by atoms with Crippen molar-refractivity contribution in [1.29, 1.82) is 0 Å². The van der Waals surface area contributed by atoms with Gasteiger partial charge >= 0.3 is 0 Å². The molecular formula is C27H27N3O6S. The largest absolute Gasteiger partial charge is 0.493 e. The van der Waals surface area contributed by atoms with Gasteiger partial charge in [0.05, 0.1) is 27.0 Å². The third kappa shape index (κ3) is 5.99. The summed E-state index contributed by atoms with van der Waals surface area (Å²) in [6.45, 7) is 0. The first-order chi connectivity index (χ1) is 17.9. The number of aliphatic hydroxyl groups is 1. The molecule has 0 aromatic heterocycles. The van der Waals surface area contributed by atoms with Gasteiger partial charge in [-0.2, -0.15) is 0 Å². The number of aliphatic hydroxyl groups excluding tert-OH is 1. The van der Waals surface area contributed by atoms with Crippen molar-refractivity contribution in [2.45, 2.75) is 0 Å². The summed E-state index contributed by atoms with van der Waals surface area (Å²) in [6, 6.07) is 20.9. The minimum absolute atomic E-state index is 0.134. The number of thiocarbonyl (C=S) groups is 1. The number of para-hydroxylation sites is 2. The van der Waals surface area contributed by atoms with Crippen molar-refractivity contribution < 1.29 is 28.9 Å². The monoisotopic (exact) mass is 521 g/mol. The minimum atomic E-state index is -0.868. The zero-order chi connectivity index (χ0) is 26.9. The van der Waals surface area contributed by atoms with Crippen LogP contribution in [0.25, 0.3) is 0 Å². The van der Waals surface area contributed by atoms with Gasteiger partial charge in [-0.1, -0.05) is 36.4 Å². The van der Waals surface area contributed by atoms with E-state index in [2.05, 4.69) is 5.32 Å². The lowest BCUT2D eigenvalue weighted by Crippen LogP contribution is -2.42. The fourth-order valence-corrected chi connectivity index (χ4v) is 3.79. The summed E-state index contributed by atoms with van der Waals surface area (Å²) in [4.78, 5) is 28.2. The topological polar surface area (TPSA) is 101 Å². The van der Waals surface area contributed by atoms with Gasteiger partial charge < -0.3 is 29.5 Å². The first-order valence-electron chi connectivity index (χ1n) is 11.0. The Morgan fingerprint density at radius 2 is 1.41 bits per heavy atom. The third-order valence-electron chi connectivity index (χ3n) is 5.37. The van der Waals surface area contributed by atoms with Crippen LogP contribution in [0, 0.1) is 0 Å². The Morgan fingerprint density at radius 3 is 1.86 bits per heavy atom. The number of hydrogen-bond acceptors (Lipinski definition) is 7. The maximum absolute atomic E-state index is 13.2. The molecule has 0 aliphatic carbocycles. The highest BCUT2D eigenvalue weighted by Gasteiger charge is 2.27. The summed E-state index contributed by atoms with van der Waals surface area (Å²) in [7, 11) is 6.05. The van der Waals surface area contributed by atoms with Crippen molar-refractivity contribution in [3.8, 4) is 17.2 Å². The van der Waals surface area contributed by atoms with Gasteiger partial charge in [0.1, 0.15) is 5.57 Å². The molecule has 0 bridgehead atoms. The minimum Gasteiger partial charge on any atom is -0.493 e. The second-order valence-electron chi connectivity index (χ2n) is 7.57. The van der Waals surface area contributed by atoms with Gasteiger partial charge in [0.15, 0.2) is 22.9 Å². The second-order valence-corrected chi connectivity index (χ2v) is 7.94. The summed E-state index contributed by atoms with van der Waals surface area (Å²) in [6.07, 6.45) is 0.268. The number of hydrogen-bond donors (Lipinski definition) is 2. The number of rotatable bonds is 9. The first-order valence-corrected chi connectivity index (χ1v) is 11.4. The fourth-order valence-electron chi connectivity index (χ4n) is 3.49. The molecule has 9 nitrogen and oxygen atoms in total. The van der Waals surface area contributed by atoms with Crippen LogP contribution >= 0.6 is 12.2 Å². The van der Waals surface area contributed by atoms with E-state index in [1.807, 2.05) is 30.3 Å². The number of nitrogens with zero attached hydrogens (tertiary/aromatic N) is 2. The Kier molecular flexibility index (Phi) is 9.06. The van der Waals surface area contributed by atoms with Crippen LogP contribution in [-0.4, -0.2) is 50.8 Å². The lowest BCUT2D eigenvalue weighted by atomic mass is 10.2. The van der Waals surface area contributed by atoms with E-state index in [9.17, 15) is 14.7 Å². The van der Waals surface area contributed by atoms with E-state index in [0.29, 0.717) is 22.9 Å². The van der Waals surface area contributed by atoms with Gasteiger partial charge in [-0.25, -0.2) is 0 Å². The number of carbonyl (C=O) groups excluding carboxylic acids is 2. The molecule has 10 heteroatoms. The summed E-state index contributed by atoms with van der Waals surface area (Å²) in [5, 5.41) is 14.0. The van der Waals surface area contributed by atoms with E-state index < -0.39 is 17.4 Å². The van der Waals surface area contributed by atoms with Gasteiger partial charge in [0, 0.05) is 30.6 Å². The van der Waals surface area contributed by atoms with Gasteiger partial charge in [-0.15, -0.1) is 0 Å². The Hall–Kier alpha value is -4.57. The molecule has 3 aromatic carbocycles. The van der Waals surface area contributed by atoms with Gasteiger partial charge in [0.2, 0.25) is 11.6 Å². The SMILES string of the molecule is COc1cc(NC(=O)/C(C=O)=C(\O)N(C(=S)N(C)c2ccccc2)c2ccccc2)cc(OC)c1OC. The van der Waals surface area contributed by atoms with Crippen LogP contribution in [0.5, 0.6) is 17.2 Å². The van der Waals surface area contributed by atoms with E-state index in [-0.39, 0.29) is 17.1 Å². The van der Waals surface area contributed by atoms with Crippen molar-refractivity contribution in [2.24, 2.45) is 0 Å². The van der Waals surface area contributed by atoms with Crippen LogP contribution in [0.2, 0.25) is 0 Å². The number of amides is 1. The average molecular weight is 522 g/mol. The highest BCUT2D eigenvalue weighted by molar-refractivity contribution is 7.80. The summed E-state index contributed by atoms with van der Waals surface area (Å²) >= 11 is 5.68. The fraction of sp³-hybridized carbons (Fsp3) is 0.148. The summed E-state index contributed by atoms with van der Waals surface area (Å²) in [5.74, 6) is -0.572. The van der Waals surface area contributed by atoms with E-state index >= 15 is 0 Å². The molecule has 0 unspecified atom stereocenters. The molecule has 0 aliphatic rings. The highest BCUT2D eigenvalue weighted by atomic mass is 32.1. The van der Waals surface area contributed by atoms with Crippen LogP contribution in [0.4, 0.5) is 17.1 Å². The number of nitrogens with one attached hydrogen (secondary N) is 1. The number of aldehydes is 1. The predicted molar refractivity (Wildman–Crippen MR) is 147 cm³/mol. The van der Waals surface area contributed by atoms with Crippen molar-refractivity contribution in [3.63, 3.8) is 0 Å². The number of methoxy groups -OCH3 is 3. The predicted octanol–water partition coefficient (Wildman–Crippen LogP) is 4.55. The van der Waals surface area contributed by atoms with Crippen LogP contribution in [0.1, 0.15) is 0 Å². The Balaban J connectivity index is 2.03. The Morgan fingerprint density at radius 1 is 0.892 bits per heavy atom. The molecule has 0 saturated heterocycles. The molecule has 3 aromatic rings. The quantitative estimate of drug-likeness (QED) is 0.105. The number of carbonyl (C=O) groups is 2. The van der Waals surface area contributed by atoms with E-state index in [0.717, 1.165) is 5.69 Å². The molecule has 3 rings (SSSR count). The van der Waals surface area contributed by atoms with Crippen molar-refractivity contribution in [3.05, 3.63) is 84.3 Å². The van der Waals surface area contributed by atoms with Gasteiger partial charge in [-0.05, 0) is 36.5 Å². The Labute approximate surface area is 220 Å². The molecule has 0 aliphatic heterocycles. The van der Waals surface area contributed by atoms with Crippen LogP contribution in [0.15, 0.2) is 84.3 Å². The average Bonchev–Trinajstić information content (AvgIpc) is 2.93. The normalized spacial score (nSPS) is 11.0. The van der Waals surface area contributed by atoms with Gasteiger partial charge in [0.25, 0.3) is 5.91 Å². The molecule has 1 amide bonds. The standard InChI is InChI=1S/C27H27N3O6S/c1-29(19-11-7-5-8-12-19)27(37)30(20-13-9-6-10-14-20)26(33)21(17-31)25(32)28-18-15-22(34-2)24(36-4)23(16-18)35-3/h5-17,33H,1-4H3,(H,28,32)/b26-21-. The molecule has 37 heavy (non-hydrogen) atoms. The van der Waals surface area contributed by atoms with Crippen molar-refractivity contribution in [1.82, 2.24) is 0 Å². The van der Waals surface area contributed by atoms with Crippen molar-refractivity contribution in [2.75, 3.05) is 43.5 Å². The first kappa shape index (κ1) is 27.0. The zero-order valence-electron chi connectivity index (χ0n) is 20.8. The van der Waals surface area contributed by atoms with Crippen LogP contribution in [-0.2, 0) is 9.59 Å². The van der Waals surface area contributed by atoms with E-state index in [4.69, 9.17) is 26.4 Å². The lowest BCUT2D eigenvalue weighted by molar-refractivity contribution is -0.115. The van der Waals surface area contributed by atoms with Crippen LogP contribution in [0.3, 0.4) is 0 Å². The van der Waals surface area contributed by atoms with Crippen LogP contribution < -0.4 is 29.3 Å². The smallest absolute Gasteiger partial charge is 0.264 e. The third-order valence-corrected chi connectivity index (χ3v) is 5.83. The molecular weight excluding hydrogens is 494 g/mol. The molecule has 192 valence electrons. The maximum atomic E-state index is 13.2. The molecule has 0 radical (unpaired) electrons. The Bertz CT molecular complexity index is 1270.